The fraction of sp³-hybridized carbons (Fsp3) is 0.714. The number of rotatable bonds is 2. The normalized spacial score (nSPS) is 44.0. The summed E-state index contributed by atoms with van der Waals surface area (Å²) in [4.78, 5) is 0. The van der Waals surface area contributed by atoms with Gasteiger partial charge in [0.1, 0.15) is 0 Å². The van der Waals surface area contributed by atoms with Crippen molar-refractivity contribution in [3.63, 3.8) is 0 Å². The van der Waals surface area contributed by atoms with Crippen LogP contribution in [0.1, 0.15) is 13.3 Å². The van der Waals surface area contributed by atoms with Crippen molar-refractivity contribution in [2.45, 2.75) is 13.3 Å². The van der Waals surface area contributed by atoms with Gasteiger partial charge in [-0.1, -0.05) is 13.0 Å². The van der Waals surface area contributed by atoms with Gasteiger partial charge in [0.25, 0.3) is 0 Å². The molecule has 0 bridgehead atoms. The van der Waals surface area contributed by atoms with Gasteiger partial charge in [-0.15, -0.1) is 6.58 Å². The SMILES string of the molecule is C=CC1(C)CC1CO. The average Bonchev–Trinajstić information content (AvgIpc) is 2.44. The fourth-order valence-corrected chi connectivity index (χ4v) is 0.995. The molecule has 1 rings (SSSR count). The molecule has 1 saturated carbocycles. The quantitative estimate of drug-likeness (QED) is 0.532. The molecule has 0 aromatic rings. The Hall–Kier alpha value is -0.300. The van der Waals surface area contributed by atoms with Crippen molar-refractivity contribution >= 4 is 0 Å². The molecule has 46 valence electrons. The Morgan fingerprint density at radius 1 is 2.00 bits per heavy atom. The Morgan fingerprint density at radius 3 is 2.75 bits per heavy atom. The van der Waals surface area contributed by atoms with Gasteiger partial charge in [0.2, 0.25) is 0 Å². The molecule has 0 aromatic heterocycles. The maximum atomic E-state index is 8.62. The summed E-state index contributed by atoms with van der Waals surface area (Å²) in [5.41, 5.74) is 0.273. The predicted molar refractivity (Wildman–Crippen MR) is 33.5 cm³/mol. The lowest BCUT2D eigenvalue weighted by atomic mass is 10.1. The molecule has 0 amide bonds. The molecule has 1 fully saturated rings. The van der Waals surface area contributed by atoms with E-state index in [4.69, 9.17) is 5.11 Å². The molecule has 1 N–H and O–H groups in total. The van der Waals surface area contributed by atoms with E-state index in [0.29, 0.717) is 12.5 Å². The maximum Gasteiger partial charge on any atom is 0.0467 e. The van der Waals surface area contributed by atoms with Crippen LogP contribution in [0.2, 0.25) is 0 Å². The Morgan fingerprint density at radius 2 is 2.62 bits per heavy atom. The van der Waals surface area contributed by atoms with Crippen LogP contribution in [0.3, 0.4) is 0 Å². The maximum absolute atomic E-state index is 8.62. The van der Waals surface area contributed by atoms with E-state index in [2.05, 4.69) is 13.5 Å². The zero-order chi connectivity index (χ0) is 6.20. The molecule has 1 aliphatic rings. The number of hydrogen-bond donors (Lipinski definition) is 1. The van der Waals surface area contributed by atoms with E-state index in [1.165, 1.54) is 0 Å². The van der Waals surface area contributed by atoms with E-state index in [9.17, 15) is 0 Å². The summed E-state index contributed by atoms with van der Waals surface area (Å²) in [7, 11) is 0. The third kappa shape index (κ3) is 0.671. The molecule has 0 aromatic carbocycles. The largest absolute Gasteiger partial charge is 0.396 e. The van der Waals surface area contributed by atoms with Gasteiger partial charge < -0.3 is 5.11 Å². The molecular formula is C7H12O. The molecule has 0 radical (unpaired) electrons. The second kappa shape index (κ2) is 1.59. The molecule has 2 unspecified atom stereocenters. The molecule has 0 heterocycles. The summed E-state index contributed by atoms with van der Waals surface area (Å²) in [6.45, 7) is 6.13. The van der Waals surface area contributed by atoms with Crippen LogP contribution in [0, 0.1) is 11.3 Å². The number of allylic oxidation sites excluding steroid dienone is 1. The van der Waals surface area contributed by atoms with Gasteiger partial charge in [-0.25, -0.2) is 0 Å². The van der Waals surface area contributed by atoms with Crippen LogP contribution in [0.5, 0.6) is 0 Å². The molecule has 1 aliphatic carbocycles. The smallest absolute Gasteiger partial charge is 0.0467 e. The van der Waals surface area contributed by atoms with Gasteiger partial charge in [0, 0.05) is 6.61 Å². The third-order valence-corrected chi connectivity index (χ3v) is 2.15. The van der Waals surface area contributed by atoms with Gasteiger partial charge in [0.05, 0.1) is 0 Å². The van der Waals surface area contributed by atoms with Gasteiger partial charge in [-0.2, -0.15) is 0 Å². The van der Waals surface area contributed by atoms with Crippen LogP contribution in [-0.4, -0.2) is 11.7 Å². The molecule has 0 spiro atoms. The van der Waals surface area contributed by atoms with Gasteiger partial charge >= 0.3 is 0 Å². The van der Waals surface area contributed by atoms with Gasteiger partial charge in [-0.3, -0.25) is 0 Å². The minimum Gasteiger partial charge on any atom is -0.396 e. The number of aliphatic hydroxyl groups is 1. The molecule has 0 saturated heterocycles. The second-order valence-corrected chi connectivity index (χ2v) is 2.79. The Balaban J connectivity index is 2.42. The first-order valence-corrected chi connectivity index (χ1v) is 2.97. The van der Waals surface area contributed by atoms with Crippen molar-refractivity contribution in [1.29, 1.82) is 0 Å². The van der Waals surface area contributed by atoms with Crippen molar-refractivity contribution in [1.82, 2.24) is 0 Å². The molecule has 8 heavy (non-hydrogen) atoms. The number of aliphatic hydroxyl groups excluding tert-OH is 1. The fourth-order valence-electron chi connectivity index (χ4n) is 0.995. The minimum atomic E-state index is 0.273. The zero-order valence-electron chi connectivity index (χ0n) is 5.22. The third-order valence-electron chi connectivity index (χ3n) is 2.15. The molecule has 0 aliphatic heterocycles. The van der Waals surface area contributed by atoms with E-state index in [0.717, 1.165) is 6.42 Å². The van der Waals surface area contributed by atoms with E-state index in [1.54, 1.807) is 0 Å². The van der Waals surface area contributed by atoms with Crippen molar-refractivity contribution < 1.29 is 5.11 Å². The molecule has 2 atom stereocenters. The van der Waals surface area contributed by atoms with Crippen molar-refractivity contribution in [3.05, 3.63) is 12.7 Å². The minimum absolute atomic E-state index is 0.273. The highest BCUT2D eigenvalue weighted by Crippen LogP contribution is 2.52. The summed E-state index contributed by atoms with van der Waals surface area (Å²) in [5, 5.41) is 8.62. The van der Waals surface area contributed by atoms with Crippen molar-refractivity contribution in [2.75, 3.05) is 6.61 Å². The van der Waals surface area contributed by atoms with Gasteiger partial charge in [-0.05, 0) is 17.8 Å². The highest BCUT2D eigenvalue weighted by molar-refractivity contribution is 5.09. The molecule has 1 nitrogen and oxygen atoms in total. The summed E-state index contributed by atoms with van der Waals surface area (Å²) < 4.78 is 0. The lowest BCUT2D eigenvalue weighted by Crippen LogP contribution is -1.95. The summed E-state index contributed by atoms with van der Waals surface area (Å²) in [6, 6.07) is 0. The van der Waals surface area contributed by atoms with Crippen molar-refractivity contribution in [2.24, 2.45) is 11.3 Å². The predicted octanol–water partition coefficient (Wildman–Crippen LogP) is 1.19. The summed E-state index contributed by atoms with van der Waals surface area (Å²) >= 11 is 0. The van der Waals surface area contributed by atoms with Gasteiger partial charge in [0.15, 0.2) is 0 Å². The van der Waals surface area contributed by atoms with Crippen LogP contribution < -0.4 is 0 Å². The average molecular weight is 112 g/mol. The van der Waals surface area contributed by atoms with Crippen LogP contribution in [0.25, 0.3) is 0 Å². The van der Waals surface area contributed by atoms with E-state index < -0.39 is 0 Å². The topological polar surface area (TPSA) is 20.2 Å². The highest BCUT2D eigenvalue weighted by atomic mass is 16.3. The van der Waals surface area contributed by atoms with Crippen LogP contribution in [0.4, 0.5) is 0 Å². The monoisotopic (exact) mass is 112 g/mol. The lowest BCUT2D eigenvalue weighted by Gasteiger charge is -1.98. The first-order chi connectivity index (χ1) is 3.73. The number of hydrogen-bond acceptors (Lipinski definition) is 1. The van der Waals surface area contributed by atoms with Crippen molar-refractivity contribution in [3.8, 4) is 0 Å². The van der Waals surface area contributed by atoms with Crippen LogP contribution in [-0.2, 0) is 0 Å². The standard InChI is InChI=1S/C7H12O/c1-3-7(2)4-6(7)5-8/h3,6,8H,1,4-5H2,2H3. The van der Waals surface area contributed by atoms with E-state index in [1.807, 2.05) is 6.08 Å². The first-order valence-electron chi connectivity index (χ1n) is 2.97. The van der Waals surface area contributed by atoms with E-state index in [-0.39, 0.29) is 5.41 Å². The van der Waals surface area contributed by atoms with Crippen LogP contribution >= 0.6 is 0 Å². The second-order valence-electron chi connectivity index (χ2n) is 2.79. The summed E-state index contributed by atoms with van der Waals surface area (Å²) in [5.74, 6) is 0.500. The highest BCUT2D eigenvalue weighted by Gasteiger charge is 2.46. The lowest BCUT2D eigenvalue weighted by molar-refractivity contribution is 0.262. The first kappa shape index (κ1) is 5.83. The zero-order valence-corrected chi connectivity index (χ0v) is 5.22. The van der Waals surface area contributed by atoms with Crippen LogP contribution in [0.15, 0.2) is 12.7 Å². The van der Waals surface area contributed by atoms with E-state index >= 15 is 0 Å². The molecular weight excluding hydrogens is 100 g/mol. The summed E-state index contributed by atoms with van der Waals surface area (Å²) in [6.07, 6.45) is 3.06. The Labute approximate surface area is 50.0 Å². The molecule has 1 heteroatoms. The Kier molecular flexibility index (Phi) is 1.16. The Bertz CT molecular complexity index is 109.